The van der Waals surface area contributed by atoms with Crippen LogP contribution in [0.4, 0.5) is 0 Å². The molecule has 1 saturated heterocycles. The maximum atomic E-state index is 12.3. The zero-order chi connectivity index (χ0) is 16.2. The summed E-state index contributed by atoms with van der Waals surface area (Å²) in [6.07, 6.45) is 7.04. The van der Waals surface area contributed by atoms with Crippen LogP contribution in [0.1, 0.15) is 39.0 Å². The molecule has 1 N–H and O–H groups in total. The highest BCUT2D eigenvalue weighted by Gasteiger charge is 2.55. The SMILES string of the molecule is C=CCN1C(=S)SC(=NC2CCCCC2)C1(O)C(=O)OCC. The van der Waals surface area contributed by atoms with Crippen molar-refractivity contribution >= 4 is 39.3 Å². The molecule has 1 unspecified atom stereocenters. The molecule has 122 valence electrons. The lowest BCUT2D eigenvalue weighted by Gasteiger charge is -2.31. The van der Waals surface area contributed by atoms with Crippen molar-refractivity contribution in [2.75, 3.05) is 13.2 Å². The number of rotatable bonds is 5. The summed E-state index contributed by atoms with van der Waals surface area (Å²) in [5, 5.41) is 11.3. The van der Waals surface area contributed by atoms with Crippen molar-refractivity contribution in [3.05, 3.63) is 12.7 Å². The second kappa shape index (κ2) is 7.57. The van der Waals surface area contributed by atoms with E-state index in [9.17, 15) is 9.90 Å². The van der Waals surface area contributed by atoms with Gasteiger partial charge >= 0.3 is 5.97 Å². The van der Waals surface area contributed by atoms with E-state index in [1.807, 2.05) is 0 Å². The van der Waals surface area contributed by atoms with E-state index in [4.69, 9.17) is 17.0 Å². The molecule has 1 saturated carbocycles. The number of carbonyl (C=O) groups excluding carboxylic acids is 1. The van der Waals surface area contributed by atoms with Gasteiger partial charge in [0.25, 0.3) is 5.72 Å². The van der Waals surface area contributed by atoms with Crippen LogP contribution in [-0.4, -0.2) is 50.3 Å². The lowest BCUT2D eigenvalue weighted by Crippen LogP contribution is -2.56. The normalized spacial score (nSPS) is 28.2. The molecule has 0 bridgehead atoms. The number of nitrogens with zero attached hydrogens (tertiary/aromatic N) is 2. The Balaban J connectivity index is 2.33. The molecule has 0 aromatic carbocycles. The smallest absolute Gasteiger partial charge is 0.367 e. The molecule has 0 aromatic rings. The molecule has 0 spiro atoms. The van der Waals surface area contributed by atoms with E-state index in [0.29, 0.717) is 9.36 Å². The molecule has 0 aromatic heterocycles. The van der Waals surface area contributed by atoms with Crippen LogP contribution in [0.25, 0.3) is 0 Å². The van der Waals surface area contributed by atoms with Crippen molar-refractivity contribution in [3.8, 4) is 0 Å². The Bertz CT molecular complexity index is 489. The Morgan fingerprint density at radius 1 is 1.59 bits per heavy atom. The summed E-state index contributed by atoms with van der Waals surface area (Å²) in [5.74, 6) is -0.723. The zero-order valence-corrected chi connectivity index (χ0v) is 14.4. The fourth-order valence-electron chi connectivity index (χ4n) is 2.71. The van der Waals surface area contributed by atoms with Gasteiger partial charge in [-0.05, 0) is 31.5 Å². The Morgan fingerprint density at radius 2 is 2.27 bits per heavy atom. The summed E-state index contributed by atoms with van der Waals surface area (Å²) in [4.78, 5) is 18.4. The number of ether oxygens (including phenoxy) is 1. The molecule has 2 aliphatic rings. The van der Waals surface area contributed by atoms with Crippen LogP contribution in [0.15, 0.2) is 17.6 Å². The molecule has 5 nitrogen and oxygen atoms in total. The van der Waals surface area contributed by atoms with Crippen molar-refractivity contribution in [3.63, 3.8) is 0 Å². The number of thiocarbonyl (C=S) groups is 1. The Kier molecular flexibility index (Phi) is 6.00. The minimum Gasteiger partial charge on any atom is -0.462 e. The molecule has 22 heavy (non-hydrogen) atoms. The van der Waals surface area contributed by atoms with E-state index in [2.05, 4.69) is 11.6 Å². The average Bonchev–Trinajstić information content (AvgIpc) is 2.74. The van der Waals surface area contributed by atoms with Gasteiger partial charge in [-0.1, -0.05) is 37.6 Å². The number of hydrogen-bond donors (Lipinski definition) is 1. The molecule has 1 atom stereocenters. The molecule has 0 radical (unpaired) electrons. The highest BCUT2D eigenvalue weighted by molar-refractivity contribution is 8.33. The van der Waals surface area contributed by atoms with E-state index < -0.39 is 11.7 Å². The maximum Gasteiger partial charge on any atom is 0.367 e. The van der Waals surface area contributed by atoms with Gasteiger partial charge in [0.2, 0.25) is 0 Å². The number of thioether (sulfide) groups is 1. The second-order valence-corrected chi connectivity index (χ2v) is 7.01. The van der Waals surface area contributed by atoms with Crippen LogP contribution in [0.2, 0.25) is 0 Å². The lowest BCUT2D eigenvalue weighted by atomic mass is 9.96. The third-order valence-corrected chi connectivity index (χ3v) is 5.29. The van der Waals surface area contributed by atoms with Crippen LogP contribution in [0.5, 0.6) is 0 Å². The average molecular weight is 342 g/mol. The van der Waals surface area contributed by atoms with Crippen molar-refractivity contribution in [2.24, 2.45) is 4.99 Å². The molecule has 2 rings (SSSR count). The molecule has 1 heterocycles. The summed E-state index contributed by atoms with van der Waals surface area (Å²) < 4.78 is 5.48. The van der Waals surface area contributed by atoms with E-state index >= 15 is 0 Å². The van der Waals surface area contributed by atoms with Gasteiger partial charge in [-0.3, -0.25) is 4.99 Å². The Hall–Kier alpha value is -0.920. The number of esters is 1. The van der Waals surface area contributed by atoms with Crippen LogP contribution < -0.4 is 0 Å². The summed E-state index contributed by atoms with van der Waals surface area (Å²) >= 11 is 6.47. The predicted molar refractivity (Wildman–Crippen MR) is 93.0 cm³/mol. The van der Waals surface area contributed by atoms with Crippen LogP contribution >= 0.6 is 24.0 Å². The largest absolute Gasteiger partial charge is 0.462 e. The summed E-state index contributed by atoms with van der Waals surface area (Å²) in [6.45, 7) is 5.82. The summed E-state index contributed by atoms with van der Waals surface area (Å²) in [5.41, 5.74) is -1.91. The van der Waals surface area contributed by atoms with Gasteiger partial charge in [0.05, 0.1) is 12.6 Å². The number of carbonyl (C=O) groups is 1. The standard InChI is InChI=1S/C15H22N2O3S2/c1-3-10-17-14(21)22-12(15(17,19)13(18)20-4-2)16-11-8-6-5-7-9-11/h3,11,19H,1,4-10H2,2H3. The minimum atomic E-state index is -1.91. The lowest BCUT2D eigenvalue weighted by molar-refractivity contribution is -0.167. The van der Waals surface area contributed by atoms with Gasteiger partial charge in [-0.2, -0.15) is 0 Å². The molecule has 0 amide bonds. The molecule has 1 aliphatic carbocycles. The van der Waals surface area contributed by atoms with E-state index in [0.717, 1.165) is 25.7 Å². The number of hydrogen-bond acceptors (Lipinski definition) is 6. The van der Waals surface area contributed by atoms with Crippen LogP contribution in [0, 0.1) is 0 Å². The van der Waals surface area contributed by atoms with Gasteiger partial charge < -0.3 is 14.7 Å². The quantitative estimate of drug-likeness (QED) is 0.470. The maximum absolute atomic E-state index is 12.3. The molecular formula is C15H22N2O3S2. The van der Waals surface area contributed by atoms with E-state index in [-0.39, 0.29) is 19.2 Å². The first-order chi connectivity index (χ1) is 10.5. The first kappa shape index (κ1) is 17.4. The highest BCUT2D eigenvalue weighted by atomic mass is 32.2. The van der Waals surface area contributed by atoms with Gasteiger partial charge in [0.1, 0.15) is 9.36 Å². The van der Waals surface area contributed by atoms with Gasteiger partial charge in [0, 0.05) is 6.54 Å². The van der Waals surface area contributed by atoms with E-state index in [1.54, 1.807) is 13.0 Å². The van der Waals surface area contributed by atoms with E-state index in [1.165, 1.54) is 23.1 Å². The second-order valence-electron chi connectivity index (χ2n) is 5.39. The van der Waals surface area contributed by atoms with Gasteiger partial charge in [-0.25, -0.2) is 4.79 Å². The van der Waals surface area contributed by atoms with Crippen LogP contribution in [0.3, 0.4) is 0 Å². The zero-order valence-electron chi connectivity index (χ0n) is 12.8. The molecule has 7 heteroatoms. The third kappa shape index (κ3) is 3.36. The molecular weight excluding hydrogens is 320 g/mol. The van der Waals surface area contributed by atoms with Crippen molar-refractivity contribution < 1.29 is 14.6 Å². The van der Waals surface area contributed by atoms with Gasteiger partial charge in [-0.15, -0.1) is 6.58 Å². The van der Waals surface area contributed by atoms with Crippen molar-refractivity contribution in [1.29, 1.82) is 0 Å². The monoisotopic (exact) mass is 342 g/mol. The topological polar surface area (TPSA) is 62.1 Å². The Morgan fingerprint density at radius 3 is 2.86 bits per heavy atom. The fourth-order valence-corrected chi connectivity index (χ4v) is 4.18. The Labute approximate surface area is 140 Å². The minimum absolute atomic E-state index is 0.142. The predicted octanol–water partition coefficient (Wildman–Crippen LogP) is 2.49. The molecule has 2 fully saturated rings. The van der Waals surface area contributed by atoms with Crippen molar-refractivity contribution in [2.45, 2.75) is 50.8 Å². The third-order valence-electron chi connectivity index (χ3n) is 3.84. The van der Waals surface area contributed by atoms with Gasteiger partial charge in [0.15, 0.2) is 0 Å². The first-order valence-corrected chi connectivity index (χ1v) is 8.84. The van der Waals surface area contributed by atoms with Crippen LogP contribution in [-0.2, 0) is 9.53 Å². The highest BCUT2D eigenvalue weighted by Crippen LogP contribution is 2.37. The molecule has 1 aliphatic heterocycles. The van der Waals surface area contributed by atoms with Crippen molar-refractivity contribution in [1.82, 2.24) is 4.90 Å². The summed E-state index contributed by atoms with van der Waals surface area (Å²) in [6, 6.07) is 0.142. The summed E-state index contributed by atoms with van der Waals surface area (Å²) in [7, 11) is 0. The first-order valence-electron chi connectivity index (χ1n) is 7.62. The number of aliphatic imine (C=N–C) groups is 1. The number of aliphatic hydroxyl groups is 1. The fraction of sp³-hybridized carbons (Fsp3) is 0.667.